The molecule has 3 rings (SSSR count). The van der Waals surface area contributed by atoms with E-state index >= 15 is 0 Å². The van der Waals surface area contributed by atoms with Crippen LogP contribution in [0.3, 0.4) is 0 Å². The summed E-state index contributed by atoms with van der Waals surface area (Å²) in [6.45, 7) is 0. The number of ether oxygens (including phenoxy) is 1. The topological polar surface area (TPSA) is 97.1 Å². The second kappa shape index (κ2) is 7.32. The number of amides is 4. The van der Waals surface area contributed by atoms with Gasteiger partial charge in [-0.2, -0.15) is 0 Å². The number of halogens is 1. The maximum absolute atomic E-state index is 12.2. The molecule has 0 atom stereocenters. The molecule has 144 valence electrons. The van der Waals surface area contributed by atoms with Crippen LogP contribution in [0.15, 0.2) is 40.3 Å². The monoisotopic (exact) mass is 402 g/mol. The van der Waals surface area contributed by atoms with Crippen LogP contribution in [0.2, 0.25) is 5.02 Å². The van der Waals surface area contributed by atoms with Crippen molar-refractivity contribution in [1.29, 1.82) is 0 Å². The Labute approximate surface area is 164 Å². The Hall–Kier alpha value is -3.39. The zero-order valence-electron chi connectivity index (χ0n) is 15.2. The number of imide groups is 2. The van der Waals surface area contributed by atoms with E-state index < -0.39 is 23.8 Å². The number of barbiturate groups is 1. The number of likely N-dealkylation sites (N-methyl/N-ethyl adjacent to an activating group) is 2. The first-order chi connectivity index (χ1) is 13.2. The highest BCUT2D eigenvalue weighted by atomic mass is 35.5. The molecule has 0 unspecified atom stereocenters. The lowest BCUT2D eigenvalue weighted by molar-refractivity contribution is -0.134. The fraction of sp³-hybridized carbons (Fsp3) is 0.158. The van der Waals surface area contributed by atoms with E-state index in [1.807, 2.05) is 0 Å². The van der Waals surface area contributed by atoms with Crippen molar-refractivity contribution in [3.8, 4) is 11.3 Å². The summed E-state index contributed by atoms with van der Waals surface area (Å²) in [5.74, 6) is -1.40. The van der Waals surface area contributed by atoms with Gasteiger partial charge in [-0.05, 0) is 36.4 Å². The van der Waals surface area contributed by atoms with E-state index in [1.165, 1.54) is 39.4 Å². The van der Waals surface area contributed by atoms with Crippen LogP contribution in [0.25, 0.3) is 17.4 Å². The lowest BCUT2D eigenvalue weighted by Crippen LogP contribution is -2.52. The van der Waals surface area contributed by atoms with Crippen LogP contribution in [0, 0.1) is 0 Å². The van der Waals surface area contributed by atoms with Gasteiger partial charge in [0.25, 0.3) is 11.8 Å². The van der Waals surface area contributed by atoms with Gasteiger partial charge in [0.05, 0.1) is 17.7 Å². The van der Waals surface area contributed by atoms with Crippen molar-refractivity contribution < 1.29 is 28.3 Å². The third kappa shape index (κ3) is 3.29. The molecule has 0 saturated carbocycles. The number of methoxy groups -OCH3 is 1. The van der Waals surface area contributed by atoms with E-state index in [0.717, 1.165) is 9.80 Å². The van der Waals surface area contributed by atoms with Crippen LogP contribution >= 0.6 is 11.6 Å². The number of benzene rings is 1. The van der Waals surface area contributed by atoms with Crippen molar-refractivity contribution in [2.75, 3.05) is 21.2 Å². The van der Waals surface area contributed by atoms with Crippen molar-refractivity contribution in [1.82, 2.24) is 9.80 Å². The Morgan fingerprint density at radius 3 is 2.32 bits per heavy atom. The minimum Gasteiger partial charge on any atom is -0.465 e. The molecule has 1 aliphatic heterocycles. The molecule has 1 fully saturated rings. The van der Waals surface area contributed by atoms with Gasteiger partial charge in [-0.15, -0.1) is 0 Å². The van der Waals surface area contributed by atoms with Gasteiger partial charge in [-0.25, -0.2) is 9.59 Å². The molecule has 1 saturated heterocycles. The maximum atomic E-state index is 12.2. The molecule has 0 aliphatic carbocycles. The Morgan fingerprint density at radius 2 is 1.71 bits per heavy atom. The smallest absolute Gasteiger partial charge is 0.339 e. The van der Waals surface area contributed by atoms with Gasteiger partial charge < -0.3 is 9.15 Å². The minimum absolute atomic E-state index is 0.178. The van der Waals surface area contributed by atoms with Crippen LogP contribution in [-0.2, 0) is 14.3 Å². The predicted molar refractivity (Wildman–Crippen MR) is 99.4 cm³/mol. The third-order valence-corrected chi connectivity index (χ3v) is 4.54. The molecule has 1 aromatic carbocycles. The molecule has 0 N–H and O–H groups in total. The molecule has 9 heteroatoms. The van der Waals surface area contributed by atoms with Gasteiger partial charge >= 0.3 is 12.0 Å². The molecule has 2 heterocycles. The first-order valence-corrected chi connectivity index (χ1v) is 8.42. The maximum Gasteiger partial charge on any atom is 0.339 e. The molecule has 0 spiro atoms. The van der Waals surface area contributed by atoms with E-state index in [1.54, 1.807) is 18.2 Å². The molecule has 2 aromatic rings. The Kier molecular flexibility index (Phi) is 5.06. The quantitative estimate of drug-likeness (QED) is 0.445. The normalized spacial score (nSPS) is 14.6. The number of urea groups is 1. The highest BCUT2D eigenvalue weighted by Gasteiger charge is 2.38. The lowest BCUT2D eigenvalue weighted by atomic mass is 10.1. The number of nitrogens with zero attached hydrogens (tertiary/aromatic N) is 2. The number of rotatable bonds is 3. The van der Waals surface area contributed by atoms with E-state index in [4.69, 9.17) is 20.8 Å². The van der Waals surface area contributed by atoms with Crippen molar-refractivity contribution in [3.63, 3.8) is 0 Å². The SMILES string of the molecule is COC(=O)c1cc(-c2ccc(C=C3C(=O)N(C)C(=O)N(C)C3=O)o2)ccc1Cl. The highest BCUT2D eigenvalue weighted by molar-refractivity contribution is 6.33. The average Bonchev–Trinajstić information content (AvgIpc) is 3.16. The number of carbonyl (C=O) groups is 4. The van der Waals surface area contributed by atoms with Crippen LogP contribution in [0.4, 0.5) is 4.79 Å². The fourth-order valence-corrected chi connectivity index (χ4v) is 2.84. The zero-order chi connectivity index (χ0) is 20.6. The summed E-state index contributed by atoms with van der Waals surface area (Å²) in [6, 6.07) is 7.18. The molecule has 0 bridgehead atoms. The fourth-order valence-electron chi connectivity index (χ4n) is 2.65. The first-order valence-electron chi connectivity index (χ1n) is 8.04. The second-order valence-electron chi connectivity index (χ2n) is 5.96. The number of hydrogen-bond donors (Lipinski definition) is 0. The molecule has 0 radical (unpaired) electrons. The Bertz CT molecular complexity index is 1010. The summed E-state index contributed by atoms with van der Waals surface area (Å²) >= 11 is 6.01. The standard InChI is InChI=1S/C19H15ClN2O6/c1-21-16(23)13(17(24)22(2)19(21)26)9-11-5-7-15(28-11)10-4-6-14(20)12(8-10)18(25)27-3/h4-9H,1-3H3. The molecule has 1 aliphatic rings. The zero-order valence-corrected chi connectivity index (χ0v) is 15.9. The number of hydrogen-bond acceptors (Lipinski definition) is 6. The summed E-state index contributed by atoms with van der Waals surface area (Å²) in [5.41, 5.74) is 0.536. The van der Waals surface area contributed by atoms with Gasteiger partial charge in [0, 0.05) is 19.7 Å². The molecule has 1 aromatic heterocycles. The van der Waals surface area contributed by atoms with E-state index in [9.17, 15) is 19.2 Å². The van der Waals surface area contributed by atoms with E-state index in [0.29, 0.717) is 11.3 Å². The van der Waals surface area contributed by atoms with Gasteiger partial charge in [0.1, 0.15) is 17.1 Å². The van der Waals surface area contributed by atoms with Gasteiger partial charge in [0.15, 0.2) is 0 Å². The Balaban J connectivity index is 1.96. The van der Waals surface area contributed by atoms with Gasteiger partial charge in [0.2, 0.25) is 0 Å². The van der Waals surface area contributed by atoms with E-state index in [2.05, 4.69) is 0 Å². The predicted octanol–water partition coefficient (Wildman–Crippen LogP) is 2.82. The van der Waals surface area contributed by atoms with Gasteiger partial charge in [-0.3, -0.25) is 19.4 Å². The van der Waals surface area contributed by atoms with Crippen molar-refractivity contribution in [2.24, 2.45) is 0 Å². The summed E-state index contributed by atoms with van der Waals surface area (Å²) in [6.07, 6.45) is 1.27. The largest absolute Gasteiger partial charge is 0.465 e. The number of esters is 1. The number of carbonyl (C=O) groups excluding carboxylic acids is 4. The highest BCUT2D eigenvalue weighted by Crippen LogP contribution is 2.28. The molecule has 8 nitrogen and oxygen atoms in total. The van der Waals surface area contributed by atoms with Crippen LogP contribution in [0.5, 0.6) is 0 Å². The summed E-state index contributed by atoms with van der Waals surface area (Å²) in [4.78, 5) is 49.8. The van der Waals surface area contributed by atoms with Crippen LogP contribution < -0.4 is 0 Å². The third-order valence-electron chi connectivity index (χ3n) is 4.21. The molecule has 4 amide bonds. The van der Waals surface area contributed by atoms with Crippen molar-refractivity contribution in [2.45, 2.75) is 0 Å². The minimum atomic E-state index is -0.717. The van der Waals surface area contributed by atoms with Crippen LogP contribution in [-0.4, -0.2) is 54.8 Å². The average molecular weight is 403 g/mol. The summed E-state index contributed by atoms with van der Waals surface area (Å²) in [7, 11) is 3.83. The summed E-state index contributed by atoms with van der Waals surface area (Å²) < 4.78 is 10.4. The Morgan fingerprint density at radius 1 is 1.07 bits per heavy atom. The van der Waals surface area contributed by atoms with Crippen molar-refractivity contribution >= 4 is 41.5 Å². The van der Waals surface area contributed by atoms with Crippen molar-refractivity contribution in [3.05, 3.63) is 52.3 Å². The van der Waals surface area contributed by atoms with Gasteiger partial charge in [-0.1, -0.05) is 11.6 Å². The molecular weight excluding hydrogens is 388 g/mol. The van der Waals surface area contributed by atoms with E-state index in [-0.39, 0.29) is 21.9 Å². The molecule has 28 heavy (non-hydrogen) atoms. The first kappa shape index (κ1) is 19.4. The lowest BCUT2D eigenvalue weighted by Gasteiger charge is -2.28. The summed E-state index contributed by atoms with van der Waals surface area (Å²) in [5, 5.41) is 0.235. The second-order valence-corrected chi connectivity index (χ2v) is 6.36. The van der Waals surface area contributed by atoms with Crippen LogP contribution in [0.1, 0.15) is 16.1 Å². The number of furan rings is 1. The molecular formula is C19H15ClN2O6.